The van der Waals surface area contributed by atoms with Crippen LogP contribution in [-0.2, 0) is 29.0 Å². The maximum atomic E-state index is 13.3. The normalized spacial score (nSPS) is 13.9. The summed E-state index contributed by atoms with van der Waals surface area (Å²) < 4.78 is 0. The maximum Gasteiger partial charge on any atom is 0.271 e. The van der Waals surface area contributed by atoms with Gasteiger partial charge in [-0.3, -0.25) is 14.4 Å². The lowest BCUT2D eigenvalue weighted by Gasteiger charge is -2.23. The Kier molecular flexibility index (Phi) is 11.1. The second-order valence-electron chi connectivity index (χ2n) is 13.7. The van der Waals surface area contributed by atoms with E-state index >= 15 is 0 Å². The number of nitrogens with one attached hydrogen (secondary N) is 3. The van der Waals surface area contributed by atoms with Crippen molar-refractivity contribution in [1.82, 2.24) is 35.1 Å². The molecule has 7 rings (SSSR count). The average molecular weight is 720 g/mol. The van der Waals surface area contributed by atoms with Crippen molar-refractivity contribution in [3.63, 3.8) is 0 Å². The Bertz CT molecular complexity index is 2190. The van der Waals surface area contributed by atoms with E-state index in [9.17, 15) is 14.4 Å². The number of benzene rings is 4. The van der Waals surface area contributed by atoms with Crippen molar-refractivity contribution < 1.29 is 14.4 Å². The van der Waals surface area contributed by atoms with Crippen LogP contribution in [0.3, 0.4) is 0 Å². The van der Waals surface area contributed by atoms with Gasteiger partial charge in [0.1, 0.15) is 11.6 Å². The summed E-state index contributed by atoms with van der Waals surface area (Å²) in [6.45, 7) is 3.64. The van der Waals surface area contributed by atoms with Crippen LogP contribution in [0.5, 0.6) is 0 Å². The Morgan fingerprint density at radius 3 is 2.04 bits per heavy atom. The molecule has 274 valence electrons. The van der Waals surface area contributed by atoms with Gasteiger partial charge in [0.05, 0.1) is 43.0 Å². The van der Waals surface area contributed by atoms with Gasteiger partial charge in [0.15, 0.2) is 5.69 Å². The number of amides is 3. The molecule has 0 unspecified atom stereocenters. The van der Waals surface area contributed by atoms with E-state index < -0.39 is 0 Å². The summed E-state index contributed by atoms with van der Waals surface area (Å²) in [6, 6.07) is 35.8. The first kappa shape index (κ1) is 36.1. The van der Waals surface area contributed by atoms with Gasteiger partial charge in [-0.1, -0.05) is 116 Å². The molecule has 1 fully saturated rings. The Morgan fingerprint density at radius 1 is 0.796 bits per heavy atom. The summed E-state index contributed by atoms with van der Waals surface area (Å²) in [7, 11) is 1.58. The van der Waals surface area contributed by atoms with Gasteiger partial charge >= 0.3 is 0 Å². The molecule has 10 nitrogen and oxygen atoms in total. The van der Waals surface area contributed by atoms with Crippen molar-refractivity contribution in [3.8, 4) is 33.6 Å². The number of aromatic nitrogens is 4. The molecule has 0 spiro atoms. The number of carbonyl (C=O) groups excluding carboxylic acids is 3. The summed E-state index contributed by atoms with van der Waals surface area (Å²) >= 11 is 0. The first-order chi connectivity index (χ1) is 26.4. The Balaban J connectivity index is 1.04. The number of carbonyl (C=O) groups is 3. The van der Waals surface area contributed by atoms with Crippen molar-refractivity contribution in [2.24, 2.45) is 0 Å². The van der Waals surface area contributed by atoms with E-state index in [0.717, 1.165) is 70.7 Å². The quantitative estimate of drug-likeness (QED) is 0.115. The smallest absolute Gasteiger partial charge is 0.271 e. The lowest BCUT2D eigenvalue weighted by Crippen LogP contribution is -2.33. The van der Waals surface area contributed by atoms with Crippen LogP contribution in [0.4, 0.5) is 0 Å². The molecule has 1 saturated heterocycles. The van der Waals surface area contributed by atoms with Gasteiger partial charge in [0.25, 0.3) is 5.91 Å². The molecule has 10 heteroatoms. The van der Waals surface area contributed by atoms with Gasteiger partial charge in [0, 0.05) is 25.7 Å². The van der Waals surface area contributed by atoms with E-state index in [1.165, 1.54) is 0 Å². The van der Waals surface area contributed by atoms with E-state index in [1.54, 1.807) is 11.9 Å². The highest BCUT2D eigenvalue weighted by molar-refractivity contribution is 5.98. The Morgan fingerprint density at radius 2 is 1.41 bits per heavy atom. The largest absolute Gasteiger partial charge is 0.354 e. The fraction of sp³-hybridized carbons (Fsp3) is 0.250. The van der Waals surface area contributed by atoms with Gasteiger partial charge in [-0.05, 0) is 47.1 Å². The summed E-state index contributed by atoms with van der Waals surface area (Å²) in [4.78, 5) is 59.3. The van der Waals surface area contributed by atoms with E-state index in [-0.39, 0.29) is 36.0 Å². The molecular weight excluding hydrogens is 675 g/mol. The first-order valence-corrected chi connectivity index (χ1v) is 18.6. The molecule has 1 aliphatic rings. The minimum atomic E-state index is -0.300. The fourth-order valence-electron chi connectivity index (χ4n) is 7.16. The second kappa shape index (κ2) is 16.6. The molecule has 3 heterocycles. The zero-order chi connectivity index (χ0) is 37.4. The van der Waals surface area contributed by atoms with Gasteiger partial charge in [0.2, 0.25) is 11.8 Å². The Labute approximate surface area is 315 Å². The second-order valence-corrected chi connectivity index (χ2v) is 13.7. The number of hydrogen-bond donors (Lipinski definition) is 3. The van der Waals surface area contributed by atoms with Crippen LogP contribution < -0.4 is 5.32 Å². The predicted octanol–water partition coefficient (Wildman–Crippen LogP) is 7.38. The minimum absolute atomic E-state index is 0.0114. The number of rotatable bonds is 13. The summed E-state index contributed by atoms with van der Waals surface area (Å²) in [5.41, 5.74) is 7.68. The molecule has 54 heavy (non-hydrogen) atoms. The van der Waals surface area contributed by atoms with Crippen molar-refractivity contribution in [3.05, 3.63) is 144 Å². The molecule has 0 saturated carbocycles. The van der Waals surface area contributed by atoms with Crippen LogP contribution in [0, 0.1) is 0 Å². The van der Waals surface area contributed by atoms with Crippen molar-refractivity contribution in [2.45, 2.75) is 51.6 Å². The third-order valence-electron chi connectivity index (χ3n) is 9.97. The van der Waals surface area contributed by atoms with E-state index in [2.05, 4.69) is 44.5 Å². The molecule has 2 aromatic heterocycles. The standard InChI is InChI=1S/C44H45N7O3/c1-3-24-50(39(52)26-30-11-6-4-7-12-30)29-38-48-41(42(49-38)44(54)45-2)35-22-18-33(19-23-35)32-16-20-34(21-17-32)36-28-46-43(47-36)37-15-10-25-51(37)40(53)27-31-13-8-5-9-14-31/h4-9,11-14,16-23,28,37H,3,10,15,24-27,29H2,1-2H3,(H,45,54)(H,46,47)(H,48,49)/t37-/m0/s1. The molecular formula is C44H45N7O3. The van der Waals surface area contributed by atoms with Crippen molar-refractivity contribution in [1.29, 1.82) is 0 Å². The number of aromatic amines is 2. The minimum Gasteiger partial charge on any atom is -0.354 e. The number of likely N-dealkylation sites (tertiary alicyclic amines) is 1. The van der Waals surface area contributed by atoms with Crippen molar-refractivity contribution in [2.75, 3.05) is 20.1 Å². The highest BCUT2D eigenvalue weighted by atomic mass is 16.2. The lowest BCUT2D eigenvalue weighted by atomic mass is 10.0. The predicted molar refractivity (Wildman–Crippen MR) is 210 cm³/mol. The number of imidazole rings is 2. The number of hydrogen-bond acceptors (Lipinski definition) is 5. The van der Waals surface area contributed by atoms with Crippen LogP contribution in [0.1, 0.15) is 65.5 Å². The Hall–Kier alpha value is -6.29. The monoisotopic (exact) mass is 719 g/mol. The molecule has 1 aliphatic heterocycles. The highest BCUT2D eigenvalue weighted by Gasteiger charge is 2.32. The van der Waals surface area contributed by atoms with Crippen LogP contribution in [0.25, 0.3) is 33.6 Å². The van der Waals surface area contributed by atoms with Crippen LogP contribution in [-0.4, -0.2) is 67.6 Å². The molecule has 6 aromatic rings. The molecule has 1 atom stereocenters. The SMILES string of the molecule is CCCN(Cc1nc(C(=O)NC)c(-c2ccc(-c3ccc(-c4cnc([C@@H]5CCCN5C(=O)Cc5ccccc5)[nH]4)cc3)cc2)[nH]1)C(=O)Cc1ccccc1. The van der Waals surface area contributed by atoms with E-state index in [0.29, 0.717) is 30.9 Å². The summed E-state index contributed by atoms with van der Waals surface area (Å²) in [5.74, 6) is 1.21. The van der Waals surface area contributed by atoms with E-state index in [4.69, 9.17) is 4.98 Å². The highest BCUT2D eigenvalue weighted by Crippen LogP contribution is 2.33. The zero-order valence-electron chi connectivity index (χ0n) is 30.7. The van der Waals surface area contributed by atoms with Crippen LogP contribution in [0.15, 0.2) is 115 Å². The molecule has 3 amide bonds. The molecule has 4 aromatic carbocycles. The first-order valence-electron chi connectivity index (χ1n) is 18.6. The van der Waals surface area contributed by atoms with E-state index in [1.807, 2.05) is 103 Å². The van der Waals surface area contributed by atoms with Gasteiger partial charge in [-0.2, -0.15) is 0 Å². The average Bonchev–Trinajstić information content (AvgIpc) is 3.99. The number of nitrogens with zero attached hydrogens (tertiary/aromatic N) is 4. The van der Waals surface area contributed by atoms with Gasteiger partial charge in [-0.15, -0.1) is 0 Å². The third kappa shape index (κ3) is 8.18. The number of H-pyrrole nitrogens is 2. The third-order valence-corrected chi connectivity index (χ3v) is 9.97. The zero-order valence-corrected chi connectivity index (χ0v) is 30.7. The fourth-order valence-corrected chi connectivity index (χ4v) is 7.16. The summed E-state index contributed by atoms with van der Waals surface area (Å²) in [6.07, 6.45) is 5.19. The topological polar surface area (TPSA) is 127 Å². The van der Waals surface area contributed by atoms with Crippen LogP contribution >= 0.6 is 0 Å². The summed E-state index contributed by atoms with van der Waals surface area (Å²) in [5, 5.41) is 2.70. The molecule has 3 N–H and O–H groups in total. The molecule has 0 aliphatic carbocycles. The molecule has 0 radical (unpaired) electrons. The lowest BCUT2D eigenvalue weighted by molar-refractivity contribution is -0.132. The van der Waals surface area contributed by atoms with Gasteiger partial charge in [-0.25, -0.2) is 9.97 Å². The van der Waals surface area contributed by atoms with Gasteiger partial charge < -0.3 is 25.1 Å². The van der Waals surface area contributed by atoms with Crippen LogP contribution in [0.2, 0.25) is 0 Å². The van der Waals surface area contributed by atoms with Crippen molar-refractivity contribution >= 4 is 17.7 Å². The maximum absolute atomic E-state index is 13.3. The molecule has 0 bridgehead atoms.